The monoisotopic (exact) mass is 386 g/mol. The van der Waals surface area contributed by atoms with Crippen molar-refractivity contribution in [2.75, 3.05) is 18.9 Å². The van der Waals surface area contributed by atoms with Crippen LogP contribution in [0.4, 0.5) is 5.69 Å². The Morgan fingerprint density at radius 1 is 0.828 bits per heavy atom. The molecule has 29 heavy (non-hydrogen) atoms. The third-order valence-electron chi connectivity index (χ3n) is 4.90. The Morgan fingerprint density at radius 2 is 1.45 bits per heavy atom. The smallest absolute Gasteiger partial charge is 0.243 e. The summed E-state index contributed by atoms with van der Waals surface area (Å²) in [5.74, 6) is -0.280. The molecule has 0 unspecified atom stereocenters. The van der Waals surface area contributed by atoms with Crippen molar-refractivity contribution >= 4 is 17.5 Å². The molecule has 2 amide bonds. The highest BCUT2D eigenvalue weighted by Crippen LogP contribution is 2.19. The fourth-order valence-electron chi connectivity index (χ4n) is 3.20. The number of benzene rings is 3. The molecule has 1 N–H and O–H groups in total. The van der Waals surface area contributed by atoms with Gasteiger partial charge >= 0.3 is 0 Å². The van der Waals surface area contributed by atoms with Gasteiger partial charge in [0.1, 0.15) is 0 Å². The fourth-order valence-corrected chi connectivity index (χ4v) is 3.20. The number of carbonyl (C=O) groups excluding carboxylic acids is 2. The van der Waals surface area contributed by atoms with Gasteiger partial charge in [0.2, 0.25) is 11.8 Å². The molecule has 0 aliphatic heterocycles. The summed E-state index contributed by atoms with van der Waals surface area (Å²) in [6.07, 6.45) is 1.11. The van der Waals surface area contributed by atoms with Gasteiger partial charge in [0.25, 0.3) is 0 Å². The lowest BCUT2D eigenvalue weighted by atomic mass is 10.0. The molecule has 148 valence electrons. The van der Waals surface area contributed by atoms with Crippen molar-refractivity contribution in [1.29, 1.82) is 0 Å². The first-order valence-electron chi connectivity index (χ1n) is 9.83. The van der Waals surface area contributed by atoms with Crippen molar-refractivity contribution < 1.29 is 9.59 Å². The Kier molecular flexibility index (Phi) is 6.80. The van der Waals surface area contributed by atoms with Crippen molar-refractivity contribution in [1.82, 2.24) is 4.90 Å². The largest absolute Gasteiger partial charge is 0.336 e. The second kappa shape index (κ2) is 9.69. The second-order valence-corrected chi connectivity index (χ2v) is 7.05. The van der Waals surface area contributed by atoms with Crippen LogP contribution in [0.2, 0.25) is 0 Å². The lowest BCUT2D eigenvalue weighted by molar-refractivity contribution is -0.132. The minimum Gasteiger partial charge on any atom is -0.336 e. The molecule has 0 aromatic heterocycles. The topological polar surface area (TPSA) is 49.4 Å². The van der Waals surface area contributed by atoms with E-state index in [1.807, 2.05) is 73.7 Å². The summed E-state index contributed by atoms with van der Waals surface area (Å²) in [6, 6.07) is 25.8. The summed E-state index contributed by atoms with van der Waals surface area (Å²) in [5, 5.41) is 2.90. The van der Waals surface area contributed by atoms with E-state index in [4.69, 9.17) is 0 Å². The molecule has 0 spiro atoms. The highest BCUT2D eigenvalue weighted by atomic mass is 16.2. The van der Waals surface area contributed by atoms with Crippen molar-refractivity contribution in [3.8, 4) is 11.1 Å². The third-order valence-corrected chi connectivity index (χ3v) is 4.90. The summed E-state index contributed by atoms with van der Waals surface area (Å²) < 4.78 is 0. The lowest BCUT2D eigenvalue weighted by Gasteiger charge is -2.18. The van der Waals surface area contributed by atoms with Gasteiger partial charge in [-0.05, 0) is 34.7 Å². The maximum atomic E-state index is 12.5. The van der Waals surface area contributed by atoms with Crippen molar-refractivity contribution in [2.45, 2.75) is 19.8 Å². The molecule has 0 fully saturated rings. The fraction of sp³-hybridized carbons (Fsp3) is 0.200. The third kappa shape index (κ3) is 5.55. The van der Waals surface area contributed by atoms with Crippen LogP contribution >= 0.6 is 0 Å². The van der Waals surface area contributed by atoms with Gasteiger partial charge in [-0.2, -0.15) is 0 Å². The summed E-state index contributed by atoms with van der Waals surface area (Å²) in [5.41, 5.74) is 5.07. The number of hydrogen-bond acceptors (Lipinski definition) is 2. The molecule has 0 aliphatic rings. The van der Waals surface area contributed by atoms with Crippen LogP contribution in [-0.4, -0.2) is 30.3 Å². The lowest BCUT2D eigenvalue weighted by Crippen LogP contribution is -2.35. The zero-order chi connectivity index (χ0) is 20.6. The first-order chi connectivity index (χ1) is 14.1. The SMILES string of the molecule is CCc1ccccc1NC(=O)CN(C)C(=O)Cc1ccc(-c2ccccc2)cc1. The molecule has 0 aliphatic carbocycles. The Hall–Kier alpha value is -3.40. The van der Waals surface area contributed by atoms with Crippen LogP contribution in [-0.2, 0) is 22.4 Å². The molecule has 4 heteroatoms. The summed E-state index contributed by atoms with van der Waals surface area (Å²) in [6.45, 7) is 2.07. The predicted molar refractivity (Wildman–Crippen MR) is 118 cm³/mol. The quantitative estimate of drug-likeness (QED) is 0.647. The van der Waals surface area contributed by atoms with E-state index in [0.717, 1.165) is 34.4 Å². The second-order valence-electron chi connectivity index (χ2n) is 7.05. The van der Waals surface area contributed by atoms with Gasteiger partial charge in [0.05, 0.1) is 13.0 Å². The van der Waals surface area contributed by atoms with Gasteiger partial charge in [0, 0.05) is 12.7 Å². The van der Waals surface area contributed by atoms with Crippen LogP contribution in [0.15, 0.2) is 78.9 Å². The molecule has 0 radical (unpaired) electrons. The average molecular weight is 386 g/mol. The van der Waals surface area contributed by atoms with Gasteiger partial charge < -0.3 is 10.2 Å². The van der Waals surface area contributed by atoms with Crippen LogP contribution in [0, 0.1) is 0 Å². The molecule has 3 aromatic carbocycles. The number of nitrogens with zero attached hydrogens (tertiary/aromatic N) is 1. The molecular weight excluding hydrogens is 360 g/mol. The Bertz CT molecular complexity index is 966. The molecule has 3 rings (SSSR count). The van der Waals surface area contributed by atoms with E-state index in [1.165, 1.54) is 4.90 Å². The van der Waals surface area contributed by atoms with Crippen LogP contribution in [0.1, 0.15) is 18.1 Å². The van der Waals surface area contributed by atoms with Gasteiger partial charge in [-0.25, -0.2) is 0 Å². The van der Waals surface area contributed by atoms with E-state index in [2.05, 4.69) is 17.4 Å². The molecule has 0 atom stereocenters. The Morgan fingerprint density at radius 3 is 2.14 bits per heavy atom. The standard InChI is InChI=1S/C25H26N2O2/c1-3-20-9-7-8-12-23(20)26-24(28)18-27(2)25(29)17-19-13-15-22(16-14-19)21-10-5-4-6-11-21/h4-16H,3,17-18H2,1-2H3,(H,26,28). The molecular formula is C25H26N2O2. The van der Waals surface area contributed by atoms with E-state index >= 15 is 0 Å². The van der Waals surface area contributed by atoms with Crippen LogP contribution in [0.3, 0.4) is 0 Å². The number of aryl methyl sites for hydroxylation is 1. The first kappa shape index (κ1) is 20.3. The van der Waals surface area contributed by atoms with Crippen molar-refractivity contribution in [3.05, 3.63) is 90.0 Å². The molecule has 0 saturated carbocycles. The number of carbonyl (C=O) groups is 2. The summed E-state index contributed by atoms with van der Waals surface area (Å²) in [4.78, 5) is 26.3. The molecule has 0 heterocycles. The Labute approximate surface area is 172 Å². The van der Waals surface area contributed by atoms with Crippen molar-refractivity contribution in [2.24, 2.45) is 0 Å². The van der Waals surface area contributed by atoms with E-state index in [-0.39, 0.29) is 24.8 Å². The van der Waals surface area contributed by atoms with Gasteiger partial charge in [-0.3, -0.25) is 9.59 Å². The molecule has 4 nitrogen and oxygen atoms in total. The average Bonchev–Trinajstić information content (AvgIpc) is 2.75. The van der Waals surface area contributed by atoms with E-state index in [1.54, 1.807) is 7.05 Å². The highest BCUT2D eigenvalue weighted by Gasteiger charge is 2.14. The van der Waals surface area contributed by atoms with Crippen LogP contribution in [0.5, 0.6) is 0 Å². The van der Waals surface area contributed by atoms with Crippen LogP contribution in [0.25, 0.3) is 11.1 Å². The maximum Gasteiger partial charge on any atom is 0.243 e. The number of likely N-dealkylation sites (N-methyl/N-ethyl adjacent to an activating group) is 1. The number of nitrogens with one attached hydrogen (secondary N) is 1. The number of para-hydroxylation sites is 1. The maximum absolute atomic E-state index is 12.5. The number of anilines is 1. The normalized spacial score (nSPS) is 10.4. The van der Waals surface area contributed by atoms with E-state index in [0.29, 0.717) is 0 Å². The van der Waals surface area contributed by atoms with Gasteiger partial charge in [-0.1, -0.05) is 79.7 Å². The number of amides is 2. The van der Waals surface area contributed by atoms with E-state index in [9.17, 15) is 9.59 Å². The zero-order valence-electron chi connectivity index (χ0n) is 16.9. The summed E-state index contributed by atoms with van der Waals surface area (Å²) in [7, 11) is 1.66. The minimum absolute atomic E-state index is 0.0268. The van der Waals surface area contributed by atoms with Gasteiger partial charge in [0.15, 0.2) is 0 Å². The first-order valence-corrected chi connectivity index (χ1v) is 9.83. The Balaban J connectivity index is 1.55. The predicted octanol–water partition coefficient (Wildman–Crippen LogP) is 4.56. The number of rotatable bonds is 7. The van der Waals surface area contributed by atoms with Crippen molar-refractivity contribution in [3.63, 3.8) is 0 Å². The van der Waals surface area contributed by atoms with E-state index < -0.39 is 0 Å². The van der Waals surface area contributed by atoms with Crippen LogP contribution < -0.4 is 5.32 Å². The molecule has 0 bridgehead atoms. The molecule has 3 aromatic rings. The van der Waals surface area contributed by atoms with Gasteiger partial charge in [-0.15, -0.1) is 0 Å². The summed E-state index contributed by atoms with van der Waals surface area (Å²) >= 11 is 0. The molecule has 0 saturated heterocycles. The highest BCUT2D eigenvalue weighted by molar-refractivity contribution is 5.95. The number of hydrogen-bond donors (Lipinski definition) is 1. The minimum atomic E-state index is -0.193. The zero-order valence-corrected chi connectivity index (χ0v) is 16.9.